The molecule has 21 heavy (non-hydrogen) atoms. The first-order valence-electron chi connectivity index (χ1n) is 6.88. The predicted molar refractivity (Wildman–Crippen MR) is 78.5 cm³/mol. The first-order valence-corrected chi connectivity index (χ1v) is 7.26. The number of rotatable bonds is 5. The van der Waals surface area contributed by atoms with Crippen molar-refractivity contribution in [2.75, 3.05) is 26.2 Å². The van der Waals surface area contributed by atoms with Crippen LogP contribution in [0.2, 0.25) is 5.15 Å². The molecule has 1 amide bonds. The minimum Gasteiger partial charge on any atom is -0.351 e. The molecular weight excluding hydrogens is 296 g/mol. The second kappa shape index (κ2) is 7.33. The van der Waals surface area contributed by atoms with Crippen molar-refractivity contribution < 1.29 is 9.72 Å². The molecule has 0 atom stereocenters. The van der Waals surface area contributed by atoms with E-state index in [2.05, 4.69) is 15.2 Å². The molecule has 8 heteroatoms. The Morgan fingerprint density at radius 2 is 2.14 bits per heavy atom. The number of nitrogens with zero attached hydrogens (tertiary/aromatic N) is 3. The monoisotopic (exact) mass is 312 g/mol. The third-order valence-corrected chi connectivity index (χ3v) is 3.66. The van der Waals surface area contributed by atoms with Crippen molar-refractivity contribution in [3.05, 3.63) is 33.1 Å². The van der Waals surface area contributed by atoms with E-state index in [4.69, 9.17) is 11.6 Å². The third kappa shape index (κ3) is 4.37. The lowest BCUT2D eigenvalue weighted by molar-refractivity contribution is -0.385. The number of aromatic nitrogens is 1. The standard InChI is InChI=1S/C13H17ClN4O3/c14-12-8-10(11(9-16-12)18(20)21)13(19)15-4-7-17-5-2-1-3-6-17/h8-9H,1-7H2,(H,15,19). The molecule has 1 aliphatic rings. The zero-order valence-electron chi connectivity index (χ0n) is 11.5. The smallest absolute Gasteiger partial charge is 0.300 e. The Balaban J connectivity index is 1.93. The molecule has 0 bridgehead atoms. The van der Waals surface area contributed by atoms with Gasteiger partial charge in [-0.05, 0) is 32.0 Å². The molecule has 7 nitrogen and oxygen atoms in total. The van der Waals surface area contributed by atoms with Gasteiger partial charge in [0.25, 0.3) is 11.6 Å². The number of hydrogen-bond acceptors (Lipinski definition) is 5. The predicted octanol–water partition coefficient (Wildman–Crippen LogP) is 1.86. The summed E-state index contributed by atoms with van der Waals surface area (Å²) < 4.78 is 0. The van der Waals surface area contributed by atoms with Gasteiger partial charge in [-0.25, -0.2) is 4.98 Å². The van der Waals surface area contributed by atoms with Crippen molar-refractivity contribution in [2.45, 2.75) is 19.3 Å². The number of pyridine rings is 1. The minimum atomic E-state index is -0.636. The van der Waals surface area contributed by atoms with Gasteiger partial charge in [-0.15, -0.1) is 0 Å². The van der Waals surface area contributed by atoms with E-state index >= 15 is 0 Å². The number of nitrogens with one attached hydrogen (secondary N) is 1. The molecule has 1 fully saturated rings. The number of likely N-dealkylation sites (tertiary alicyclic amines) is 1. The van der Waals surface area contributed by atoms with Crippen LogP contribution in [-0.2, 0) is 0 Å². The van der Waals surface area contributed by atoms with Gasteiger partial charge in [-0.2, -0.15) is 0 Å². The Kier molecular flexibility index (Phi) is 5.46. The molecule has 0 spiro atoms. The average Bonchev–Trinajstić information content (AvgIpc) is 2.47. The van der Waals surface area contributed by atoms with Crippen LogP contribution in [-0.4, -0.2) is 46.9 Å². The van der Waals surface area contributed by atoms with Crippen molar-refractivity contribution in [3.63, 3.8) is 0 Å². The van der Waals surface area contributed by atoms with Crippen molar-refractivity contribution in [2.24, 2.45) is 0 Å². The summed E-state index contributed by atoms with van der Waals surface area (Å²) in [6.07, 6.45) is 4.62. The number of carbonyl (C=O) groups is 1. The fraction of sp³-hybridized carbons (Fsp3) is 0.538. The van der Waals surface area contributed by atoms with Gasteiger partial charge in [-0.3, -0.25) is 14.9 Å². The van der Waals surface area contributed by atoms with E-state index in [1.807, 2.05) is 0 Å². The van der Waals surface area contributed by atoms with E-state index in [-0.39, 0.29) is 16.4 Å². The number of amides is 1. The Hall–Kier alpha value is -1.73. The van der Waals surface area contributed by atoms with Crippen molar-refractivity contribution in [1.82, 2.24) is 15.2 Å². The molecule has 0 unspecified atom stereocenters. The molecule has 1 aromatic heterocycles. The molecule has 0 aliphatic carbocycles. The van der Waals surface area contributed by atoms with E-state index in [9.17, 15) is 14.9 Å². The number of piperidine rings is 1. The van der Waals surface area contributed by atoms with E-state index in [1.54, 1.807) is 0 Å². The summed E-state index contributed by atoms with van der Waals surface area (Å²) >= 11 is 5.70. The molecule has 1 aromatic rings. The van der Waals surface area contributed by atoms with Gasteiger partial charge in [-0.1, -0.05) is 18.0 Å². The van der Waals surface area contributed by atoms with Gasteiger partial charge >= 0.3 is 0 Å². The molecule has 2 heterocycles. The maximum atomic E-state index is 12.0. The van der Waals surface area contributed by atoms with Crippen molar-refractivity contribution >= 4 is 23.2 Å². The second-order valence-electron chi connectivity index (χ2n) is 4.94. The van der Waals surface area contributed by atoms with Crippen LogP contribution in [0.15, 0.2) is 12.3 Å². The Morgan fingerprint density at radius 3 is 2.81 bits per heavy atom. The van der Waals surface area contributed by atoms with Gasteiger partial charge in [0.1, 0.15) is 16.9 Å². The van der Waals surface area contributed by atoms with Gasteiger partial charge in [0, 0.05) is 13.1 Å². The summed E-state index contributed by atoms with van der Waals surface area (Å²) in [7, 11) is 0. The average molecular weight is 313 g/mol. The van der Waals surface area contributed by atoms with Crippen molar-refractivity contribution in [3.8, 4) is 0 Å². The number of halogens is 1. The Labute approximate surface area is 127 Å². The molecule has 0 aromatic carbocycles. The first-order chi connectivity index (χ1) is 10.1. The molecule has 1 saturated heterocycles. The lowest BCUT2D eigenvalue weighted by Gasteiger charge is -2.26. The summed E-state index contributed by atoms with van der Waals surface area (Å²) in [5.41, 5.74) is -0.395. The van der Waals surface area contributed by atoms with Gasteiger partial charge < -0.3 is 10.2 Å². The van der Waals surface area contributed by atoms with E-state index in [0.717, 1.165) is 25.8 Å². The van der Waals surface area contributed by atoms with Crippen molar-refractivity contribution in [1.29, 1.82) is 0 Å². The molecular formula is C13H17ClN4O3. The summed E-state index contributed by atoms with van der Waals surface area (Å²) in [6.45, 7) is 3.28. The minimum absolute atomic E-state index is 0.0568. The number of nitro groups is 1. The normalized spacial score (nSPS) is 15.7. The lowest BCUT2D eigenvalue weighted by atomic mass is 10.1. The van der Waals surface area contributed by atoms with Crippen LogP contribution in [0.5, 0.6) is 0 Å². The zero-order chi connectivity index (χ0) is 15.2. The second-order valence-corrected chi connectivity index (χ2v) is 5.33. The van der Waals surface area contributed by atoms with Crippen LogP contribution in [0.1, 0.15) is 29.6 Å². The van der Waals surface area contributed by atoms with Gasteiger partial charge in [0.15, 0.2) is 0 Å². The summed E-state index contributed by atoms with van der Waals surface area (Å²) in [4.78, 5) is 28.2. The molecule has 0 saturated carbocycles. The fourth-order valence-corrected chi connectivity index (χ4v) is 2.51. The van der Waals surface area contributed by atoms with E-state index in [0.29, 0.717) is 6.54 Å². The number of carbonyl (C=O) groups excluding carboxylic acids is 1. The third-order valence-electron chi connectivity index (χ3n) is 3.45. The number of hydrogen-bond donors (Lipinski definition) is 1. The molecule has 114 valence electrons. The topological polar surface area (TPSA) is 88.4 Å². The maximum Gasteiger partial charge on any atom is 0.300 e. The largest absolute Gasteiger partial charge is 0.351 e. The van der Waals surface area contributed by atoms with Crippen LogP contribution in [0.4, 0.5) is 5.69 Å². The molecule has 2 rings (SSSR count). The SMILES string of the molecule is O=C(NCCN1CCCCC1)c1cc(Cl)ncc1[N+](=O)[O-]. The highest BCUT2D eigenvalue weighted by Gasteiger charge is 2.21. The van der Waals surface area contributed by atoms with Crippen LogP contribution < -0.4 is 5.32 Å². The van der Waals surface area contributed by atoms with Gasteiger partial charge in [0.2, 0.25) is 0 Å². The Bertz CT molecular complexity index is 532. The van der Waals surface area contributed by atoms with Crippen LogP contribution in [0.25, 0.3) is 0 Å². The van der Waals surface area contributed by atoms with E-state index in [1.165, 1.54) is 25.3 Å². The fourth-order valence-electron chi connectivity index (χ4n) is 2.36. The quantitative estimate of drug-likeness (QED) is 0.509. The maximum absolute atomic E-state index is 12.0. The van der Waals surface area contributed by atoms with Gasteiger partial charge in [0.05, 0.1) is 4.92 Å². The highest BCUT2D eigenvalue weighted by Crippen LogP contribution is 2.20. The van der Waals surface area contributed by atoms with Crippen LogP contribution in [0, 0.1) is 10.1 Å². The highest BCUT2D eigenvalue weighted by molar-refractivity contribution is 6.29. The molecule has 0 radical (unpaired) electrons. The zero-order valence-corrected chi connectivity index (χ0v) is 12.3. The summed E-state index contributed by atoms with van der Waals surface area (Å²) in [5, 5.41) is 13.6. The van der Waals surface area contributed by atoms with E-state index < -0.39 is 10.8 Å². The molecule has 1 N–H and O–H groups in total. The summed E-state index contributed by atoms with van der Waals surface area (Å²) in [6, 6.07) is 1.22. The van der Waals surface area contributed by atoms with Crippen LogP contribution >= 0.6 is 11.6 Å². The lowest BCUT2D eigenvalue weighted by Crippen LogP contribution is -2.37. The van der Waals surface area contributed by atoms with Crippen LogP contribution in [0.3, 0.4) is 0 Å². The highest BCUT2D eigenvalue weighted by atomic mass is 35.5. The first kappa shape index (κ1) is 15.7. The summed E-state index contributed by atoms with van der Waals surface area (Å²) in [5.74, 6) is -0.497. The Morgan fingerprint density at radius 1 is 1.43 bits per heavy atom. The molecule has 1 aliphatic heterocycles.